The molecular formula is C10H16N4O4. The van der Waals surface area contributed by atoms with Crippen LogP contribution in [0.15, 0.2) is 12.5 Å². The molecule has 0 saturated carbocycles. The van der Waals surface area contributed by atoms with Crippen molar-refractivity contribution in [1.29, 1.82) is 0 Å². The van der Waals surface area contributed by atoms with Gasteiger partial charge in [0.1, 0.15) is 0 Å². The summed E-state index contributed by atoms with van der Waals surface area (Å²) in [5.74, 6) is -1.29. The van der Waals surface area contributed by atoms with Gasteiger partial charge in [-0.2, -0.15) is 0 Å². The number of carboxylic acid groups (broad SMARTS) is 1. The van der Waals surface area contributed by atoms with E-state index in [1.807, 2.05) is 0 Å². The highest BCUT2D eigenvalue weighted by atomic mass is 16.4. The van der Waals surface area contributed by atoms with Gasteiger partial charge in [-0.25, -0.2) is 14.6 Å². The van der Waals surface area contributed by atoms with Crippen LogP contribution in [-0.2, 0) is 11.2 Å². The third kappa shape index (κ3) is 5.30. The minimum absolute atomic E-state index is 0.0245. The van der Waals surface area contributed by atoms with E-state index >= 15 is 0 Å². The Labute approximate surface area is 103 Å². The SMILES string of the molecule is O=C(NCCc1cnc[nH]1)NCC[C@H](O)C(=O)O. The second kappa shape index (κ2) is 7.28. The van der Waals surface area contributed by atoms with Gasteiger partial charge in [0.25, 0.3) is 0 Å². The van der Waals surface area contributed by atoms with Crippen molar-refractivity contribution >= 4 is 12.0 Å². The summed E-state index contributed by atoms with van der Waals surface area (Å²) in [6, 6.07) is -0.396. The maximum absolute atomic E-state index is 11.2. The number of carbonyl (C=O) groups excluding carboxylic acids is 1. The molecule has 0 aromatic carbocycles. The third-order valence-corrected chi connectivity index (χ3v) is 2.22. The largest absolute Gasteiger partial charge is 0.479 e. The van der Waals surface area contributed by atoms with E-state index in [-0.39, 0.29) is 13.0 Å². The predicted octanol–water partition coefficient (Wildman–Crippen LogP) is -0.913. The number of aliphatic carboxylic acids is 1. The molecule has 1 atom stereocenters. The maximum atomic E-state index is 11.2. The minimum Gasteiger partial charge on any atom is -0.479 e. The number of carboxylic acids is 1. The first-order valence-corrected chi connectivity index (χ1v) is 5.49. The van der Waals surface area contributed by atoms with Gasteiger partial charge in [0, 0.05) is 37.8 Å². The Morgan fingerprint density at radius 3 is 2.72 bits per heavy atom. The molecule has 5 N–H and O–H groups in total. The van der Waals surface area contributed by atoms with Crippen molar-refractivity contribution in [1.82, 2.24) is 20.6 Å². The lowest BCUT2D eigenvalue weighted by Crippen LogP contribution is -2.38. The van der Waals surface area contributed by atoms with Crippen LogP contribution in [0.5, 0.6) is 0 Å². The number of nitrogens with zero attached hydrogens (tertiary/aromatic N) is 1. The second-order valence-electron chi connectivity index (χ2n) is 3.65. The number of aliphatic hydroxyl groups is 1. The van der Waals surface area contributed by atoms with Gasteiger partial charge in [-0.05, 0) is 0 Å². The monoisotopic (exact) mass is 256 g/mol. The number of hydrogen-bond acceptors (Lipinski definition) is 4. The highest BCUT2D eigenvalue weighted by Crippen LogP contribution is 1.91. The molecule has 1 heterocycles. The zero-order valence-corrected chi connectivity index (χ0v) is 9.72. The first kappa shape index (κ1) is 14.0. The molecule has 2 amide bonds. The number of nitrogens with one attached hydrogen (secondary N) is 3. The number of aromatic nitrogens is 2. The molecule has 0 aliphatic carbocycles. The zero-order valence-electron chi connectivity index (χ0n) is 9.72. The van der Waals surface area contributed by atoms with Crippen molar-refractivity contribution in [2.45, 2.75) is 18.9 Å². The van der Waals surface area contributed by atoms with Crippen molar-refractivity contribution in [2.75, 3.05) is 13.1 Å². The molecule has 0 unspecified atom stereocenters. The summed E-state index contributed by atoms with van der Waals surface area (Å²) in [6.07, 6.45) is 2.38. The summed E-state index contributed by atoms with van der Waals surface area (Å²) in [7, 11) is 0. The van der Waals surface area contributed by atoms with Gasteiger partial charge >= 0.3 is 12.0 Å². The number of aromatic amines is 1. The van der Waals surface area contributed by atoms with Crippen LogP contribution in [-0.4, -0.2) is 51.4 Å². The quantitative estimate of drug-likeness (QED) is 0.431. The fraction of sp³-hybridized carbons (Fsp3) is 0.500. The van der Waals surface area contributed by atoms with E-state index in [2.05, 4.69) is 20.6 Å². The van der Waals surface area contributed by atoms with Gasteiger partial charge < -0.3 is 25.8 Å². The van der Waals surface area contributed by atoms with Gasteiger partial charge in [0.2, 0.25) is 0 Å². The van der Waals surface area contributed by atoms with Crippen LogP contribution >= 0.6 is 0 Å². The highest BCUT2D eigenvalue weighted by Gasteiger charge is 2.12. The van der Waals surface area contributed by atoms with Crippen LogP contribution in [0.4, 0.5) is 4.79 Å². The molecule has 8 heteroatoms. The predicted molar refractivity (Wildman–Crippen MR) is 62.0 cm³/mol. The standard InChI is InChI=1S/C10H16N4O4/c15-8(9(16)17)2-4-13-10(18)12-3-1-7-5-11-6-14-7/h5-6,8,15H,1-4H2,(H,11,14)(H,16,17)(H2,12,13,18)/t8-/m0/s1. The lowest BCUT2D eigenvalue weighted by atomic mass is 10.2. The van der Waals surface area contributed by atoms with E-state index in [9.17, 15) is 9.59 Å². The Morgan fingerprint density at radius 1 is 1.39 bits per heavy atom. The smallest absolute Gasteiger partial charge is 0.332 e. The Balaban J connectivity index is 2.05. The molecule has 1 aromatic rings. The molecule has 1 aromatic heterocycles. The van der Waals surface area contributed by atoms with Crippen LogP contribution < -0.4 is 10.6 Å². The Kier molecular flexibility index (Phi) is 5.65. The molecule has 0 bridgehead atoms. The van der Waals surface area contributed by atoms with Gasteiger partial charge in [-0.15, -0.1) is 0 Å². The fourth-order valence-corrected chi connectivity index (χ4v) is 1.24. The Hall–Kier alpha value is -2.09. The van der Waals surface area contributed by atoms with Crippen LogP contribution in [0.1, 0.15) is 12.1 Å². The highest BCUT2D eigenvalue weighted by molar-refractivity contribution is 5.74. The van der Waals surface area contributed by atoms with Crippen LogP contribution in [0.3, 0.4) is 0 Å². The van der Waals surface area contributed by atoms with E-state index in [0.29, 0.717) is 13.0 Å². The lowest BCUT2D eigenvalue weighted by Gasteiger charge is -2.08. The third-order valence-electron chi connectivity index (χ3n) is 2.22. The number of carbonyl (C=O) groups is 2. The van der Waals surface area contributed by atoms with Crippen molar-refractivity contribution in [2.24, 2.45) is 0 Å². The van der Waals surface area contributed by atoms with E-state index < -0.39 is 18.1 Å². The molecule has 1 rings (SSSR count). The first-order valence-electron chi connectivity index (χ1n) is 5.49. The van der Waals surface area contributed by atoms with Crippen LogP contribution in [0.25, 0.3) is 0 Å². The Morgan fingerprint density at radius 2 is 2.11 bits per heavy atom. The lowest BCUT2D eigenvalue weighted by molar-refractivity contribution is -0.146. The van der Waals surface area contributed by atoms with E-state index in [1.165, 1.54) is 0 Å². The summed E-state index contributed by atoms with van der Waals surface area (Å²) in [5, 5.41) is 22.4. The number of hydrogen-bond donors (Lipinski definition) is 5. The minimum atomic E-state index is -1.45. The van der Waals surface area contributed by atoms with E-state index in [1.54, 1.807) is 12.5 Å². The molecule has 18 heavy (non-hydrogen) atoms. The maximum Gasteiger partial charge on any atom is 0.332 e. The second-order valence-corrected chi connectivity index (χ2v) is 3.65. The molecule has 0 radical (unpaired) electrons. The average Bonchev–Trinajstić information content (AvgIpc) is 2.81. The van der Waals surface area contributed by atoms with Crippen molar-refractivity contribution in [3.05, 3.63) is 18.2 Å². The normalized spacial score (nSPS) is 11.8. The first-order chi connectivity index (χ1) is 8.59. The number of imidazole rings is 1. The topological polar surface area (TPSA) is 127 Å². The van der Waals surface area contributed by atoms with Crippen molar-refractivity contribution < 1.29 is 19.8 Å². The molecule has 0 saturated heterocycles. The molecule has 100 valence electrons. The number of amides is 2. The van der Waals surface area contributed by atoms with E-state index in [0.717, 1.165) is 5.69 Å². The van der Waals surface area contributed by atoms with Gasteiger partial charge in [0.05, 0.1) is 6.33 Å². The number of urea groups is 1. The summed E-state index contributed by atoms with van der Waals surface area (Å²) in [4.78, 5) is 28.3. The summed E-state index contributed by atoms with van der Waals surface area (Å²) >= 11 is 0. The van der Waals surface area contributed by atoms with Gasteiger partial charge in [0.15, 0.2) is 6.10 Å². The van der Waals surface area contributed by atoms with Gasteiger partial charge in [-0.3, -0.25) is 0 Å². The Bertz CT molecular complexity index is 379. The number of H-pyrrole nitrogens is 1. The summed E-state index contributed by atoms with van der Waals surface area (Å²) in [6.45, 7) is 0.541. The fourth-order valence-electron chi connectivity index (χ4n) is 1.24. The van der Waals surface area contributed by atoms with Crippen molar-refractivity contribution in [3.63, 3.8) is 0 Å². The molecule has 0 aliphatic rings. The molecular weight excluding hydrogens is 240 g/mol. The average molecular weight is 256 g/mol. The zero-order chi connectivity index (χ0) is 13.4. The molecule has 0 aliphatic heterocycles. The molecule has 0 spiro atoms. The number of rotatable bonds is 7. The summed E-state index contributed by atoms with van der Waals surface area (Å²) < 4.78 is 0. The van der Waals surface area contributed by atoms with Crippen LogP contribution in [0.2, 0.25) is 0 Å². The van der Waals surface area contributed by atoms with Crippen LogP contribution in [0, 0.1) is 0 Å². The van der Waals surface area contributed by atoms with E-state index in [4.69, 9.17) is 10.2 Å². The van der Waals surface area contributed by atoms with Crippen molar-refractivity contribution in [3.8, 4) is 0 Å². The molecule has 0 fully saturated rings. The summed E-state index contributed by atoms with van der Waals surface area (Å²) in [5.41, 5.74) is 0.914. The van der Waals surface area contributed by atoms with Gasteiger partial charge in [-0.1, -0.05) is 0 Å². The molecule has 8 nitrogen and oxygen atoms in total. The number of aliphatic hydroxyl groups excluding tert-OH is 1.